The smallest absolute Gasteiger partial charge is 0.180 e. The summed E-state index contributed by atoms with van der Waals surface area (Å²) in [5, 5.41) is 2.27. The van der Waals surface area contributed by atoms with E-state index in [-0.39, 0.29) is 12.2 Å². The fourth-order valence-corrected chi connectivity index (χ4v) is 2.45. The number of rotatable bonds is 3. The quantitative estimate of drug-likeness (QED) is 0.867. The standard InChI is InChI=1S/C13H12N2O3S/c14-13-15-9(7-19-13)6-10(16)8-1-2-11-12(5-8)18-4-3-17-11/h1-2,5,7H,3-4,6H2,(H2,14,15). The number of anilines is 1. The number of ketones is 1. The molecule has 0 saturated carbocycles. The van der Waals surface area contributed by atoms with E-state index in [9.17, 15) is 4.79 Å². The van der Waals surface area contributed by atoms with Gasteiger partial charge in [0.25, 0.3) is 0 Å². The Hall–Kier alpha value is -2.08. The lowest BCUT2D eigenvalue weighted by molar-refractivity contribution is 0.0991. The maximum atomic E-state index is 12.1. The van der Waals surface area contributed by atoms with Crippen molar-refractivity contribution in [3.05, 3.63) is 34.8 Å². The number of benzene rings is 1. The molecule has 1 aliphatic rings. The van der Waals surface area contributed by atoms with Crippen LogP contribution in [-0.2, 0) is 6.42 Å². The molecule has 1 aromatic heterocycles. The molecule has 0 radical (unpaired) electrons. The molecule has 2 N–H and O–H groups in total. The Morgan fingerprint density at radius 1 is 1.32 bits per heavy atom. The van der Waals surface area contributed by atoms with E-state index in [1.54, 1.807) is 23.6 Å². The van der Waals surface area contributed by atoms with Gasteiger partial charge < -0.3 is 15.2 Å². The Kier molecular flexibility index (Phi) is 3.08. The SMILES string of the molecule is Nc1nc(CC(=O)c2ccc3c(c2)OCCO3)cs1. The molecule has 2 aromatic rings. The minimum Gasteiger partial charge on any atom is -0.486 e. The monoisotopic (exact) mass is 276 g/mol. The maximum Gasteiger partial charge on any atom is 0.180 e. The predicted octanol–water partition coefficient (Wildman–Crippen LogP) is 1.92. The molecule has 0 fully saturated rings. The third-order valence-corrected chi connectivity index (χ3v) is 3.50. The molecule has 5 nitrogen and oxygen atoms in total. The van der Waals surface area contributed by atoms with Crippen LogP contribution in [0.4, 0.5) is 5.13 Å². The molecular formula is C13H12N2O3S. The Morgan fingerprint density at radius 2 is 2.11 bits per heavy atom. The zero-order valence-corrected chi connectivity index (χ0v) is 10.9. The lowest BCUT2D eigenvalue weighted by Gasteiger charge is -2.18. The van der Waals surface area contributed by atoms with Gasteiger partial charge in [0.1, 0.15) is 13.2 Å². The van der Waals surface area contributed by atoms with Crippen LogP contribution in [0.25, 0.3) is 0 Å². The molecule has 0 saturated heterocycles. The summed E-state index contributed by atoms with van der Waals surface area (Å²) in [6.07, 6.45) is 0.243. The normalized spacial score (nSPS) is 13.3. The van der Waals surface area contributed by atoms with Crippen molar-refractivity contribution in [2.75, 3.05) is 18.9 Å². The highest BCUT2D eigenvalue weighted by Crippen LogP contribution is 2.31. The minimum absolute atomic E-state index is 0.0118. The van der Waals surface area contributed by atoms with Crippen molar-refractivity contribution in [2.24, 2.45) is 0 Å². The molecule has 0 unspecified atom stereocenters. The van der Waals surface area contributed by atoms with Gasteiger partial charge in [0.15, 0.2) is 22.4 Å². The van der Waals surface area contributed by atoms with Crippen LogP contribution < -0.4 is 15.2 Å². The van der Waals surface area contributed by atoms with Gasteiger partial charge in [-0.1, -0.05) is 0 Å². The van der Waals surface area contributed by atoms with Crippen LogP contribution in [0.5, 0.6) is 11.5 Å². The van der Waals surface area contributed by atoms with Gasteiger partial charge in [-0.25, -0.2) is 4.98 Å². The van der Waals surface area contributed by atoms with Crippen molar-refractivity contribution in [1.82, 2.24) is 4.98 Å². The molecule has 98 valence electrons. The number of hydrogen-bond donors (Lipinski definition) is 1. The van der Waals surface area contributed by atoms with Gasteiger partial charge in [0.2, 0.25) is 0 Å². The van der Waals surface area contributed by atoms with Crippen molar-refractivity contribution in [3.63, 3.8) is 0 Å². The number of fused-ring (bicyclic) bond motifs is 1. The summed E-state index contributed by atoms with van der Waals surface area (Å²) in [5.41, 5.74) is 6.83. The van der Waals surface area contributed by atoms with Crippen molar-refractivity contribution >= 4 is 22.3 Å². The van der Waals surface area contributed by atoms with Crippen molar-refractivity contribution < 1.29 is 14.3 Å². The molecule has 1 aliphatic heterocycles. The van der Waals surface area contributed by atoms with Crippen LogP contribution >= 0.6 is 11.3 Å². The average molecular weight is 276 g/mol. The molecule has 0 aliphatic carbocycles. The van der Waals surface area contributed by atoms with Crippen LogP contribution in [-0.4, -0.2) is 24.0 Å². The largest absolute Gasteiger partial charge is 0.486 e. The number of Topliss-reactive ketones (excluding diaryl/α,β-unsaturated/α-hetero) is 1. The Balaban J connectivity index is 1.80. The Bertz CT molecular complexity index is 624. The average Bonchev–Trinajstić information content (AvgIpc) is 2.83. The second kappa shape index (κ2) is 4.89. The van der Waals surface area contributed by atoms with Crippen molar-refractivity contribution in [1.29, 1.82) is 0 Å². The zero-order chi connectivity index (χ0) is 13.2. The number of nitrogens with zero attached hydrogens (tertiary/aromatic N) is 1. The summed E-state index contributed by atoms with van der Waals surface area (Å²) in [6, 6.07) is 5.22. The van der Waals surface area contributed by atoms with Crippen LogP contribution in [0, 0.1) is 0 Å². The van der Waals surface area contributed by atoms with E-state index in [1.807, 2.05) is 0 Å². The van der Waals surface area contributed by atoms with Crippen molar-refractivity contribution in [3.8, 4) is 11.5 Å². The minimum atomic E-state index is -0.0118. The summed E-state index contributed by atoms with van der Waals surface area (Å²) in [7, 11) is 0. The first-order valence-electron chi connectivity index (χ1n) is 5.85. The number of carbonyl (C=O) groups is 1. The van der Waals surface area contributed by atoms with Gasteiger partial charge in [-0.3, -0.25) is 4.79 Å². The summed E-state index contributed by atoms with van der Waals surface area (Å²) in [4.78, 5) is 16.2. The first-order valence-corrected chi connectivity index (χ1v) is 6.73. The number of hydrogen-bond acceptors (Lipinski definition) is 6. The first-order chi connectivity index (χ1) is 9.22. The summed E-state index contributed by atoms with van der Waals surface area (Å²) >= 11 is 1.33. The fourth-order valence-electron chi connectivity index (χ4n) is 1.89. The van der Waals surface area contributed by atoms with E-state index in [1.165, 1.54) is 11.3 Å². The van der Waals surface area contributed by atoms with Gasteiger partial charge >= 0.3 is 0 Å². The second-order valence-electron chi connectivity index (χ2n) is 4.14. The number of thiazole rings is 1. The van der Waals surface area contributed by atoms with Crippen LogP contribution in [0.15, 0.2) is 23.6 Å². The molecule has 0 atom stereocenters. The predicted molar refractivity (Wildman–Crippen MR) is 72.0 cm³/mol. The lowest BCUT2D eigenvalue weighted by atomic mass is 10.1. The Morgan fingerprint density at radius 3 is 2.84 bits per heavy atom. The topological polar surface area (TPSA) is 74.4 Å². The lowest BCUT2D eigenvalue weighted by Crippen LogP contribution is -2.16. The van der Waals surface area contributed by atoms with Crippen molar-refractivity contribution in [2.45, 2.75) is 6.42 Å². The molecule has 3 rings (SSSR count). The number of nitrogen functional groups attached to an aromatic ring is 1. The highest BCUT2D eigenvalue weighted by molar-refractivity contribution is 7.13. The summed E-state index contributed by atoms with van der Waals surface area (Å²) < 4.78 is 10.9. The molecule has 0 bridgehead atoms. The van der Waals surface area contributed by atoms with E-state index in [4.69, 9.17) is 15.2 Å². The second-order valence-corrected chi connectivity index (χ2v) is 5.03. The maximum absolute atomic E-state index is 12.1. The van der Waals surface area contributed by atoms with Gasteiger partial charge in [0, 0.05) is 10.9 Å². The van der Waals surface area contributed by atoms with Gasteiger partial charge in [-0.15, -0.1) is 11.3 Å². The molecule has 19 heavy (non-hydrogen) atoms. The van der Waals surface area contributed by atoms with Crippen LogP contribution in [0.2, 0.25) is 0 Å². The molecule has 0 spiro atoms. The number of carbonyl (C=O) groups excluding carboxylic acids is 1. The molecule has 1 aromatic carbocycles. The van der Waals surface area contributed by atoms with Crippen LogP contribution in [0.3, 0.4) is 0 Å². The van der Waals surface area contributed by atoms with Crippen LogP contribution in [0.1, 0.15) is 16.1 Å². The summed E-state index contributed by atoms with van der Waals surface area (Å²) in [6.45, 7) is 1.05. The van der Waals surface area contributed by atoms with Gasteiger partial charge in [-0.05, 0) is 18.2 Å². The number of nitrogens with two attached hydrogens (primary N) is 1. The molecule has 0 amide bonds. The fraction of sp³-hybridized carbons (Fsp3) is 0.231. The first kappa shape index (κ1) is 12.0. The molecular weight excluding hydrogens is 264 g/mol. The van der Waals surface area contributed by atoms with E-state index in [2.05, 4.69) is 4.98 Å². The van der Waals surface area contributed by atoms with Gasteiger partial charge in [-0.2, -0.15) is 0 Å². The summed E-state index contributed by atoms with van der Waals surface area (Å²) in [5.74, 6) is 1.29. The Labute approximate surface area is 114 Å². The van der Waals surface area contributed by atoms with E-state index < -0.39 is 0 Å². The van der Waals surface area contributed by atoms with E-state index in [0.29, 0.717) is 41.1 Å². The molecule has 2 heterocycles. The van der Waals surface area contributed by atoms with E-state index in [0.717, 1.165) is 0 Å². The third kappa shape index (κ3) is 2.53. The third-order valence-electron chi connectivity index (χ3n) is 2.78. The highest BCUT2D eigenvalue weighted by Gasteiger charge is 2.15. The van der Waals surface area contributed by atoms with E-state index >= 15 is 0 Å². The van der Waals surface area contributed by atoms with Gasteiger partial charge in [0.05, 0.1) is 12.1 Å². The number of ether oxygens (including phenoxy) is 2. The molecule has 6 heteroatoms. The number of aromatic nitrogens is 1. The highest BCUT2D eigenvalue weighted by atomic mass is 32.1. The zero-order valence-electron chi connectivity index (χ0n) is 10.1.